The van der Waals surface area contributed by atoms with E-state index in [0.29, 0.717) is 6.54 Å². The van der Waals surface area contributed by atoms with Gasteiger partial charge >= 0.3 is 6.09 Å². The average molecular weight is 360 g/mol. The van der Waals surface area contributed by atoms with Crippen LogP contribution in [0.25, 0.3) is 0 Å². The quantitative estimate of drug-likeness (QED) is 0.766. The summed E-state index contributed by atoms with van der Waals surface area (Å²) in [5, 5.41) is 6.33. The molecular weight excluding hydrogens is 326 g/mol. The van der Waals surface area contributed by atoms with Crippen LogP contribution < -0.4 is 15.5 Å². The Morgan fingerprint density at radius 1 is 1.23 bits per heavy atom. The molecule has 2 saturated heterocycles. The van der Waals surface area contributed by atoms with Crippen molar-refractivity contribution in [2.75, 3.05) is 37.6 Å². The van der Waals surface area contributed by atoms with Crippen LogP contribution in [0.4, 0.5) is 10.5 Å². The summed E-state index contributed by atoms with van der Waals surface area (Å²) in [6.07, 6.45) is 2.75. The van der Waals surface area contributed by atoms with Crippen molar-refractivity contribution in [2.45, 2.75) is 45.6 Å². The Bertz CT molecular complexity index is 600. The largest absolute Gasteiger partial charge is 0.444 e. The van der Waals surface area contributed by atoms with Crippen molar-refractivity contribution in [3.8, 4) is 0 Å². The van der Waals surface area contributed by atoms with Crippen LogP contribution in [0.15, 0.2) is 24.3 Å². The van der Waals surface area contributed by atoms with E-state index in [9.17, 15) is 4.79 Å². The topological polar surface area (TPSA) is 53.6 Å². The summed E-state index contributed by atoms with van der Waals surface area (Å²) < 4.78 is 5.25. The maximum Gasteiger partial charge on any atom is 0.407 e. The van der Waals surface area contributed by atoms with Gasteiger partial charge in [0.1, 0.15) is 5.60 Å². The van der Waals surface area contributed by atoms with E-state index in [1.165, 1.54) is 37.4 Å². The molecule has 2 N–H and O–H groups in total. The molecule has 144 valence electrons. The lowest BCUT2D eigenvalue weighted by Gasteiger charge is -2.20. The number of anilines is 1. The molecule has 2 aliphatic rings. The van der Waals surface area contributed by atoms with Gasteiger partial charge < -0.3 is 20.3 Å². The van der Waals surface area contributed by atoms with Crippen LogP contribution >= 0.6 is 0 Å². The van der Waals surface area contributed by atoms with Gasteiger partial charge in [0.2, 0.25) is 0 Å². The summed E-state index contributed by atoms with van der Waals surface area (Å²) in [6.45, 7) is 11.0. The Kier molecular flexibility index (Phi) is 6.07. The van der Waals surface area contributed by atoms with Gasteiger partial charge in [-0.2, -0.15) is 0 Å². The number of aryl methyl sites for hydroxylation is 1. The van der Waals surface area contributed by atoms with Gasteiger partial charge in [-0.15, -0.1) is 0 Å². The number of nitrogens with zero attached hydrogens (tertiary/aromatic N) is 1. The summed E-state index contributed by atoms with van der Waals surface area (Å²) >= 11 is 0. The molecule has 0 saturated carbocycles. The van der Waals surface area contributed by atoms with Gasteiger partial charge in [0.15, 0.2) is 0 Å². The second kappa shape index (κ2) is 8.30. The van der Waals surface area contributed by atoms with E-state index in [1.807, 2.05) is 20.8 Å². The summed E-state index contributed by atoms with van der Waals surface area (Å²) in [4.78, 5) is 14.2. The molecule has 1 aromatic carbocycles. The second-order valence-electron chi connectivity index (χ2n) is 8.64. The van der Waals surface area contributed by atoms with Gasteiger partial charge in [-0.1, -0.05) is 12.1 Å². The van der Waals surface area contributed by atoms with Gasteiger partial charge in [-0.3, -0.25) is 0 Å². The Labute approximate surface area is 157 Å². The smallest absolute Gasteiger partial charge is 0.407 e. The lowest BCUT2D eigenvalue weighted by molar-refractivity contribution is 0.0527. The number of amides is 1. The molecule has 2 unspecified atom stereocenters. The van der Waals surface area contributed by atoms with E-state index in [2.05, 4.69) is 39.8 Å². The molecule has 1 amide bonds. The Hall–Kier alpha value is -1.75. The van der Waals surface area contributed by atoms with Crippen LogP contribution in [0.5, 0.6) is 0 Å². The van der Waals surface area contributed by atoms with Crippen LogP contribution in [-0.4, -0.2) is 44.4 Å². The number of hydrogen-bond donors (Lipinski definition) is 2. The maximum atomic E-state index is 11.6. The number of alkyl carbamates (subject to hydrolysis) is 1. The molecule has 0 spiro atoms. The molecule has 1 aromatic rings. The van der Waals surface area contributed by atoms with Crippen molar-refractivity contribution < 1.29 is 9.53 Å². The lowest BCUT2D eigenvalue weighted by Crippen LogP contribution is -2.33. The lowest BCUT2D eigenvalue weighted by atomic mass is 10.0. The van der Waals surface area contributed by atoms with Gasteiger partial charge in [0.25, 0.3) is 0 Å². The van der Waals surface area contributed by atoms with Crippen molar-refractivity contribution >= 4 is 11.8 Å². The van der Waals surface area contributed by atoms with E-state index < -0.39 is 5.60 Å². The number of carbonyl (C=O) groups excluding carboxylic acids is 1. The summed E-state index contributed by atoms with van der Waals surface area (Å²) in [5.74, 6) is 1.63. The summed E-state index contributed by atoms with van der Waals surface area (Å²) in [6, 6.07) is 8.97. The zero-order chi connectivity index (χ0) is 18.6. The van der Waals surface area contributed by atoms with Crippen molar-refractivity contribution in [1.29, 1.82) is 0 Å². The molecule has 0 bridgehead atoms. The molecule has 26 heavy (non-hydrogen) atoms. The Morgan fingerprint density at radius 3 is 2.65 bits per heavy atom. The predicted octanol–water partition coefficient (Wildman–Crippen LogP) is 3.19. The highest BCUT2D eigenvalue weighted by atomic mass is 16.6. The molecule has 0 radical (unpaired) electrons. The van der Waals surface area contributed by atoms with Crippen LogP contribution in [-0.2, 0) is 11.2 Å². The molecule has 2 fully saturated rings. The number of fused-ring (bicyclic) bond motifs is 1. The van der Waals surface area contributed by atoms with Gasteiger partial charge in [0.05, 0.1) is 0 Å². The molecule has 5 nitrogen and oxygen atoms in total. The van der Waals surface area contributed by atoms with Crippen LogP contribution in [0, 0.1) is 11.8 Å². The fourth-order valence-corrected chi connectivity index (χ4v) is 3.93. The maximum absolute atomic E-state index is 11.6. The number of benzene rings is 1. The molecule has 2 atom stereocenters. The number of rotatable bonds is 6. The number of unbranched alkanes of at least 4 members (excludes halogenated alkanes) is 1. The fourth-order valence-electron chi connectivity index (χ4n) is 3.93. The zero-order valence-electron chi connectivity index (χ0n) is 16.4. The molecular formula is C21H33N3O2. The van der Waals surface area contributed by atoms with E-state index >= 15 is 0 Å². The second-order valence-corrected chi connectivity index (χ2v) is 8.64. The monoisotopic (exact) mass is 359 g/mol. The number of hydrogen-bond acceptors (Lipinski definition) is 4. The van der Waals surface area contributed by atoms with Crippen molar-refractivity contribution in [3.63, 3.8) is 0 Å². The third kappa shape index (κ3) is 5.37. The van der Waals surface area contributed by atoms with Crippen LogP contribution in [0.1, 0.15) is 39.2 Å². The number of ether oxygens (including phenoxy) is 1. The normalized spacial score (nSPS) is 22.3. The molecule has 2 heterocycles. The molecule has 0 aliphatic carbocycles. The first-order valence-electron chi connectivity index (χ1n) is 9.92. The van der Waals surface area contributed by atoms with Gasteiger partial charge in [-0.05, 0) is 69.6 Å². The van der Waals surface area contributed by atoms with Crippen molar-refractivity contribution in [2.24, 2.45) is 11.8 Å². The first-order chi connectivity index (χ1) is 12.4. The predicted molar refractivity (Wildman–Crippen MR) is 106 cm³/mol. The highest BCUT2D eigenvalue weighted by molar-refractivity contribution is 5.67. The third-order valence-corrected chi connectivity index (χ3v) is 5.23. The van der Waals surface area contributed by atoms with E-state index in [0.717, 1.165) is 31.1 Å². The minimum atomic E-state index is -0.436. The highest BCUT2D eigenvalue weighted by Crippen LogP contribution is 2.30. The van der Waals surface area contributed by atoms with Crippen LogP contribution in [0.2, 0.25) is 0 Å². The minimum absolute atomic E-state index is 0.325. The SMILES string of the molecule is CC(C)(C)OC(=O)NCCCCc1cccc(N2CC3CNCC3C2)c1. The molecule has 2 aliphatic heterocycles. The van der Waals surface area contributed by atoms with Gasteiger partial charge in [0, 0.05) is 38.4 Å². The zero-order valence-corrected chi connectivity index (χ0v) is 16.4. The summed E-state index contributed by atoms with van der Waals surface area (Å²) in [5.41, 5.74) is 2.31. The number of carbonyl (C=O) groups is 1. The van der Waals surface area contributed by atoms with Gasteiger partial charge in [-0.25, -0.2) is 4.79 Å². The van der Waals surface area contributed by atoms with Crippen LogP contribution in [0.3, 0.4) is 0 Å². The first-order valence-corrected chi connectivity index (χ1v) is 9.92. The van der Waals surface area contributed by atoms with E-state index in [1.54, 1.807) is 0 Å². The highest BCUT2D eigenvalue weighted by Gasteiger charge is 2.36. The fraction of sp³-hybridized carbons (Fsp3) is 0.667. The summed E-state index contributed by atoms with van der Waals surface area (Å²) in [7, 11) is 0. The Balaban J connectivity index is 1.39. The standard InChI is InChI=1S/C21H33N3O2/c1-21(2,3)26-20(25)23-10-5-4-7-16-8-6-9-19(11-16)24-14-17-12-22-13-18(17)15-24/h6,8-9,11,17-18,22H,4-5,7,10,12-15H2,1-3H3,(H,23,25). The number of nitrogens with one attached hydrogen (secondary N) is 2. The van der Waals surface area contributed by atoms with E-state index in [4.69, 9.17) is 4.74 Å². The molecule has 0 aromatic heterocycles. The minimum Gasteiger partial charge on any atom is -0.444 e. The third-order valence-electron chi connectivity index (χ3n) is 5.23. The molecule has 5 heteroatoms. The molecule has 3 rings (SSSR count). The van der Waals surface area contributed by atoms with Crippen molar-refractivity contribution in [1.82, 2.24) is 10.6 Å². The Morgan fingerprint density at radius 2 is 1.96 bits per heavy atom. The first kappa shape index (κ1) is 19.0. The average Bonchev–Trinajstić information content (AvgIpc) is 3.14. The van der Waals surface area contributed by atoms with E-state index in [-0.39, 0.29) is 6.09 Å². The van der Waals surface area contributed by atoms with Crippen molar-refractivity contribution in [3.05, 3.63) is 29.8 Å².